The number of hydrogen-bond acceptors (Lipinski definition) is 5. The number of piperazine rings is 1. The van der Waals surface area contributed by atoms with E-state index in [1.54, 1.807) is 21.9 Å². The molecule has 0 unspecified atom stereocenters. The molecule has 2 aliphatic heterocycles. The number of imide groups is 1. The minimum atomic E-state index is -1.07. The predicted octanol–water partition coefficient (Wildman–Crippen LogP) is 0.957. The first kappa shape index (κ1) is 19.3. The van der Waals surface area contributed by atoms with Gasteiger partial charge in [0.25, 0.3) is 11.8 Å². The van der Waals surface area contributed by atoms with Crippen LogP contribution in [0.1, 0.15) is 28.1 Å². The minimum absolute atomic E-state index is 0.215. The molecule has 1 aromatic carbocycles. The van der Waals surface area contributed by atoms with Crippen molar-refractivity contribution in [1.82, 2.24) is 20.0 Å². The molecule has 5 rings (SSSR count). The van der Waals surface area contributed by atoms with E-state index in [1.165, 1.54) is 6.26 Å². The summed E-state index contributed by atoms with van der Waals surface area (Å²) in [6.07, 6.45) is 2.64. The maximum Gasteiger partial charge on any atom is 0.325 e. The number of nitrogens with zero attached hydrogens (tertiary/aromatic N) is 3. The van der Waals surface area contributed by atoms with Crippen LogP contribution in [-0.4, -0.2) is 71.2 Å². The van der Waals surface area contributed by atoms with Crippen LogP contribution in [0.25, 0.3) is 0 Å². The molecule has 31 heavy (non-hydrogen) atoms. The van der Waals surface area contributed by atoms with Crippen LogP contribution in [0.5, 0.6) is 0 Å². The maximum absolute atomic E-state index is 13.2. The summed E-state index contributed by atoms with van der Waals surface area (Å²) < 4.78 is 5.15. The van der Waals surface area contributed by atoms with Gasteiger partial charge in [0, 0.05) is 26.2 Å². The summed E-state index contributed by atoms with van der Waals surface area (Å²) in [5.74, 6) is -0.631. The predicted molar refractivity (Wildman–Crippen MR) is 108 cm³/mol. The van der Waals surface area contributed by atoms with Gasteiger partial charge in [-0.25, -0.2) is 4.79 Å². The summed E-state index contributed by atoms with van der Waals surface area (Å²) in [5.41, 5.74) is 0.789. The highest BCUT2D eigenvalue weighted by atomic mass is 16.3. The van der Waals surface area contributed by atoms with Gasteiger partial charge in [0.2, 0.25) is 5.91 Å². The van der Waals surface area contributed by atoms with Crippen LogP contribution in [0, 0.1) is 0 Å². The van der Waals surface area contributed by atoms with Crippen LogP contribution >= 0.6 is 0 Å². The Balaban J connectivity index is 1.23. The Kier molecular flexibility index (Phi) is 4.53. The molecule has 2 fully saturated rings. The Bertz CT molecular complexity index is 1060. The molecule has 3 heterocycles. The van der Waals surface area contributed by atoms with E-state index >= 15 is 0 Å². The summed E-state index contributed by atoms with van der Waals surface area (Å²) in [4.78, 5) is 55.2. The highest BCUT2D eigenvalue weighted by Crippen LogP contribution is 2.41. The zero-order valence-corrected chi connectivity index (χ0v) is 16.9. The van der Waals surface area contributed by atoms with E-state index in [-0.39, 0.29) is 30.0 Å². The topological polar surface area (TPSA) is 103 Å². The van der Waals surface area contributed by atoms with Gasteiger partial charge in [-0.15, -0.1) is 0 Å². The maximum atomic E-state index is 13.2. The molecule has 160 valence electrons. The monoisotopic (exact) mass is 422 g/mol. The quantitative estimate of drug-likeness (QED) is 0.742. The van der Waals surface area contributed by atoms with E-state index in [0.29, 0.717) is 39.0 Å². The summed E-state index contributed by atoms with van der Waals surface area (Å²) in [7, 11) is 0. The molecule has 9 heteroatoms. The van der Waals surface area contributed by atoms with Crippen molar-refractivity contribution in [3.05, 3.63) is 59.5 Å². The van der Waals surface area contributed by atoms with Crippen molar-refractivity contribution >= 4 is 23.8 Å². The molecule has 1 aromatic heterocycles. The van der Waals surface area contributed by atoms with Crippen molar-refractivity contribution in [2.75, 3.05) is 32.7 Å². The van der Waals surface area contributed by atoms with Gasteiger partial charge in [-0.1, -0.05) is 24.3 Å². The van der Waals surface area contributed by atoms with Crippen LogP contribution in [0.15, 0.2) is 47.1 Å². The number of nitrogens with one attached hydrogen (secondary N) is 1. The third-order valence-corrected chi connectivity index (χ3v) is 6.37. The molecular formula is C22H22N4O5. The molecule has 1 atom stereocenters. The fourth-order valence-electron chi connectivity index (χ4n) is 4.68. The molecule has 1 aliphatic carbocycles. The van der Waals surface area contributed by atoms with E-state index in [4.69, 9.17) is 4.42 Å². The second kappa shape index (κ2) is 7.26. The van der Waals surface area contributed by atoms with Crippen molar-refractivity contribution in [3.63, 3.8) is 0 Å². The number of rotatable bonds is 3. The molecule has 2 aromatic rings. The molecule has 1 spiro atoms. The number of urea groups is 1. The van der Waals surface area contributed by atoms with Crippen LogP contribution in [0.2, 0.25) is 0 Å². The second-order valence-electron chi connectivity index (χ2n) is 8.03. The molecule has 0 radical (unpaired) electrons. The highest BCUT2D eigenvalue weighted by molar-refractivity contribution is 6.10. The third-order valence-electron chi connectivity index (χ3n) is 6.37. The summed E-state index contributed by atoms with van der Waals surface area (Å²) in [5, 5.41) is 2.83. The first-order valence-corrected chi connectivity index (χ1v) is 10.3. The van der Waals surface area contributed by atoms with Crippen molar-refractivity contribution < 1.29 is 23.6 Å². The first-order valence-electron chi connectivity index (χ1n) is 10.3. The number of carbonyl (C=O) groups excluding carboxylic acids is 4. The number of aryl methyl sites for hydroxylation is 1. The normalized spacial score (nSPS) is 22.8. The SMILES string of the molecule is O=C(CN1C(=O)N[C@@]2(CCc3ccccc32)C1=O)N1CCN(C(=O)c2ccco2)CC1. The lowest BCUT2D eigenvalue weighted by Gasteiger charge is -2.34. The number of carbonyl (C=O) groups is 4. The minimum Gasteiger partial charge on any atom is -0.459 e. The van der Waals surface area contributed by atoms with Gasteiger partial charge >= 0.3 is 6.03 Å². The zero-order valence-electron chi connectivity index (χ0n) is 16.9. The molecule has 1 N–H and O–H groups in total. The molecular weight excluding hydrogens is 400 g/mol. The summed E-state index contributed by atoms with van der Waals surface area (Å²) in [6.45, 7) is 1.10. The molecule has 0 saturated carbocycles. The van der Waals surface area contributed by atoms with E-state index in [2.05, 4.69) is 5.32 Å². The smallest absolute Gasteiger partial charge is 0.325 e. The Hall–Kier alpha value is -3.62. The van der Waals surface area contributed by atoms with Gasteiger partial charge in [0.1, 0.15) is 12.1 Å². The van der Waals surface area contributed by atoms with Crippen LogP contribution in [-0.2, 0) is 21.5 Å². The van der Waals surface area contributed by atoms with Crippen LogP contribution in [0.3, 0.4) is 0 Å². The molecule has 0 bridgehead atoms. The number of furan rings is 1. The number of fused-ring (bicyclic) bond motifs is 2. The van der Waals surface area contributed by atoms with Crippen molar-refractivity contribution in [2.45, 2.75) is 18.4 Å². The van der Waals surface area contributed by atoms with E-state index in [9.17, 15) is 19.2 Å². The van der Waals surface area contributed by atoms with Gasteiger partial charge in [-0.3, -0.25) is 19.3 Å². The average molecular weight is 422 g/mol. The van der Waals surface area contributed by atoms with Crippen LogP contribution in [0.4, 0.5) is 4.79 Å². The van der Waals surface area contributed by atoms with Gasteiger partial charge in [-0.05, 0) is 36.1 Å². The van der Waals surface area contributed by atoms with E-state index in [0.717, 1.165) is 16.0 Å². The Labute approximate surface area is 178 Å². The second-order valence-corrected chi connectivity index (χ2v) is 8.03. The van der Waals surface area contributed by atoms with Gasteiger partial charge < -0.3 is 19.5 Å². The number of benzene rings is 1. The van der Waals surface area contributed by atoms with Crippen molar-refractivity contribution in [2.24, 2.45) is 0 Å². The van der Waals surface area contributed by atoms with Crippen molar-refractivity contribution in [1.29, 1.82) is 0 Å². The Morgan fingerprint density at radius 1 is 1.00 bits per heavy atom. The summed E-state index contributed by atoms with van der Waals surface area (Å²) in [6, 6.07) is 10.3. The lowest BCUT2D eigenvalue weighted by Crippen LogP contribution is -2.53. The van der Waals surface area contributed by atoms with Crippen molar-refractivity contribution in [3.8, 4) is 0 Å². The molecule has 9 nitrogen and oxygen atoms in total. The van der Waals surface area contributed by atoms with E-state index < -0.39 is 11.6 Å². The Morgan fingerprint density at radius 2 is 1.74 bits per heavy atom. The lowest BCUT2D eigenvalue weighted by molar-refractivity contribution is -0.140. The van der Waals surface area contributed by atoms with Gasteiger partial charge in [0.15, 0.2) is 5.76 Å². The Morgan fingerprint density at radius 3 is 2.48 bits per heavy atom. The number of amides is 5. The van der Waals surface area contributed by atoms with E-state index in [1.807, 2.05) is 24.3 Å². The van der Waals surface area contributed by atoms with Crippen LogP contribution < -0.4 is 5.32 Å². The fraction of sp³-hybridized carbons (Fsp3) is 0.364. The highest BCUT2D eigenvalue weighted by Gasteiger charge is 2.55. The van der Waals surface area contributed by atoms with Gasteiger partial charge in [-0.2, -0.15) is 0 Å². The molecule has 2 saturated heterocycles. The standard InChI is InChI=1S/C22H22N4O5/c27-18(24-9-11-25(12-10-24)19(28)17-6-3-13-31-17)14-26-20(29)22(23-21(26)30)8-7-15-4-1-2-5-16(15)22/h1-6,13H,7-12,14H2,(H,23,30)/t22-/m1/s1. The largest absolute Gasteiger partial charge is 0.459 e. The fourth-order valence-corrected chi connectivity index (χ4v) is 4.68. The molecule has 3 aliphatic rings. The first-order chi connectivity index (χ1) is 15.0. The summed E-state index contributed by atoms with van der Waals surface area (Å²) >= 11 is 0. The lowest BCUT2D eigenvalue weighted by atomic mass is 9.92. The molecule has 5 amide bonds. The van der Waals surface area contributed by atoms with Gasteiger partial charge in [0.05, 0.1) is 6.26 Å². The zero-order chi connectivity index (χ0) is 21.6. The average Bonchev–Trinajstić information content (AvgIpc) is 3.50. The third kappa shape index (κ3) is 3.08. The number of hydrogen-bond donors (Lipinski definition) is 1.